The molecule has 1 nitrogen and oxygen atoms in total. The number of hydrogen-bond acceptors (Lipinski definition) is 1. The molecular formula is CH9CrNSTi. The second kappa shape index (κ2) is 47.6. The van der Waals surface area contributed by atoms with Crippen LogP contribution in [-0.4, -0.2) is 0 Å². The van der Waals surface area contributed by atoms with Crippen molar-refractivity contribution in [1.29, 1.82) is 0 Å². The summed E-state index contributed by atoms with van der Waals surface area (Å²) in [6.45, 7) is 0. The fourth-order valence-corrected chi connectivity index (χ4v) is 0. The molecule has 0 aliphatic carbocycles. The van der Waals surface area contributed by atoms with Gasteiger partial charge in [-0.1, -0.05) is 7.43 Å². The Bertz CT molecular complexity index is 11.6. The first kappa shape index (κ1) is 83.5. The summed E-state index contributed by atoms with van der Waals surface area (Å²) in [6, 6.07) is 0. The average Bonchev–Trinajstić information content (AvgIpc) is 0. The molecule has 0 aromatic heterocycles. The Morgan fingerprint density at radius 3 is 1.00 bits per heavy atom. The minimum Gasteiger partial charge on any atom is -0.344 e. The zero-order chi connectivity index (χ0) is 0. The molecule has 0 spiro atoms. The topological polar surface area (TPSA) is 35.0 Å². The molecule has 0 unspecified atom stereocenters. The monoisotopic (exact) mass is 167 g/mol. The van der Waals surface area contributed by atoms with E-state index in [1.54, 1.807) is 0 Å². The summed E-state index contributed by atoms with van der Waals surface area (Å²) in [5.41, 5.74) is 0. The molecule has 0 radical (unpaired) electrons. The van der Waals surface area contributed by atoms with Crippen molar-refractivity contribution in [2.75, 3.05) is 0 Å². The fourth-order valence-electron chi connectivity index (χ4n) is 0. The van der Waals surface area contributed by atoms with Gasteiger partial charge in [-0.2, -0.15) is 13.5 Å². The molecule has 0 saturated carbocycles. The van der Waals surface area contributed by atoms with Gasteiger partial charge in [0.1, 0.15) is 0 Å². The van der Waals surface area contributed by atoms with Crippen molar-refractivity contribution in [1.82, 2.24) is 6.15 Å². The van der Waals surface area contributed by atoms with Gasteiger partial charge < -0.3 is 6.15 Å². The van der Waals surface area contributed by atoms with Gasteiger partial charge in [0.05, 0.1) is 0 Å². The van der Waals surface area contributed by atoms with Crippen LogP contribution < -0.4 is 6.15 Å². The summed E-state index contributed by atoms with van der Waals surface area (Å²) in [4.78, 5) is 0. The van der Waals surface area contributed by atoms with Crippen molar-refractivity contribution >= 4 is 13.5 Å². The van der Waals surface area contributed by atoms with E-state index in [1.165, 1.54) is 0 Å². The van der Waals surface area contributed by atoms with Crippen molar-refractivity contribution in [2.24, 2.45) is 0 Å². The van der Waals surface area contributed by atoms with Crippen LogP contribution in [0.2, 0.25) is 0 Å². The molecule has 0 rings (SSSR count). The van der Waals surface area contributed by atoms with E-state index in [0.717, 1.165) is 0 Å². The molecule has 0 fully saturated rings. The van der Waals surface area contributed by atoms with Crippen molar-refractivity contribution in [3.8, 4) is 0 Å². The van der Waals surface area contributed by atoms with Gasteiger partial charge in [-0.15, -0.1) is 0 Å². The van der Waals surface area contributed by atoms with E-state index in [2.05, 4.69) is 0 Å². The fraction of sp³-hybridized carbons (Fsp3) is 1.00. The largest absolute Gasteiger partial charge is 0.344 e. The smallest absolute Gasteiger partial charge is 0 e. The minimum absolute atomic E-state index is 0. The molecule has 0 heterocycles. The molecule has 0 aliphatic rings. The van der Waals surface area contributed by atoms with Crippen LogP contribution in [0.4, 0.5) is 0 Å². The molecule has 3 N–H and O–H groups in total. The first-order valence-corrected chi connectivity index (χ1v) is 0. The van der Waals surface area contributed by atoms with Crippen LogP contribution in [0.5, 0.6) is 0 Å². The van der Waals surface area contributed by atoms with Gasteiger partial charge in [0, 0.05) is 39.1 Å². The molecule has 0 aromatic carbocycles. The Balaban J connectivity index is 0. The zero-order valence-electron chi connectivity index (χ0n) is 2.12. The maximum Gasteiger partial charge on any atom is 0 e. The van der Waals surface area contributed by atoms with Crippen LogP contribution in [0, 0.1) is 0 Å². The van der Waals surface area contributed by atoms with Crippen molar-refractivity contribution < 1.29 is 39.1 Å². The summed E-state index contributed by atoms with van der Waals surface area (Å²) in [6.07, 6.45) is 0. The third-order valence-corrected chi connectivity index (χ3v) is 0. The molecule has 4 heteroatoms. The molecule has 0 saturated heterocycles. The van der Waals surface area contributed by atoms with Crippen LogP contribution in [0.3, 0.4) is 0 Å². The Morgan fingerprint density at radius 2 is 1.00 bits per heavy atom. The molecule has 0 aromatic rings. The summed E-state index contributed by atoms with van der Waals surface area (Å²) < 4.78 is 0. The van der Waals surface area contributed by atoms with E-state index in [4.69, 9.17) is 0 Å². The maximum absolute atomic E-state index is 0. The Labute approximate surface area is 65.9 Å². The predicted octanol–water partition coefficient (Wildman–Crippen LogP) is 0.906. The first-order valence-electron chi connectivity index (χ1n) is 0. The standard InChI is InChI=1S/CH4.Cr.H3N.H2S.Ti/h1H4;;1H3;1H2;. The molecule has 0 atom stereocenters. The van der Waals surface area contributed by atoms with E-state index < -0.39 is 0 Å². The predicted molar refractivity (Wildman–Crippen MR) is 22.1 cm³/mol. The molecular weight excluding hydrogens is 158 g/mol. The molecule has 34 valence electrons. The van der Waals surface area contributed by atoms with Crippen molar-refractivity contribution in [3.63, 3.8) is 0 Å². The van der Waals surface area contributed by atoms with Crippen molar-refractivity contribution in [2.45, 2.75) is 7.43 Å². The van der Waals surface area contributed by atoms with Gasteiger partial charge in [-0.05, 0) is 0 Å². The quantitative estimate of drug-likeness (QED) is 0.534. The molecule has 0 amide bonds. The Hall–Kier alpha value is 1.56. The molecule has 5 heavy (non-hydrogen) atoms. The summed E-state index contributed by atoms with van der Waals surface area (Å²) in [5, 5.41) is 0. The van der Waals surface area contributed by atoms with Crippen LogP contribution >= 0.6 is 13.5 Å². The van der Waals surface area contributed by atoms with E-state index in [1.807, 2.05) is 0 Å². The van der Waals surface area contributed by atoms with Gasteiger partial charge in [-0.3, -0.25) is 0 Å². The van der Waals surface area contributed by atoms with E-state index in [-0.39, 0.29) is 66.2 Å². The Kier molecular flexibility index (Phi) is 795. The van der Waals surface area contributed by atoms with E-state index >= 15 is 0 Å². The van der Waals surface area contributed by atoms with E-state index in [0.29, 0.717) is 0 Å². The second-order valence-electron chi connectivity index (χ2n) is 0. The zero-order valence-corrected chi connectivity index (χ0v) is 5.95. The third-order valence-electron chi connectivity index (χ3n) is 0. The van der Waals surface area contributed by atoms with Crippen LogP contribution in [0.15, 0.2) is 0 Å². The van der Waals surface area contributed by atoms with Crippen molar-refractivity contribution in [3.05, 3.63) is 0 Å². The van der Waals surface area contributed by atoms with Gasteiger partial charge in [0.2, 0.25) is 0 Å². The average molecular weight is 167 g/mol. The van der Waals surface area contributed by atoms with Gasteiger partial charge in [0.15, 0.2) is 0 Å². The number of hydrogen-bond donors (Lipinski definition) is 1. The Morgan fingerprint density at radius 1 is 1.00 bits per heavy atom. The second-order valence-corrected chi connectivity index (χ2v) is 0. The summed E-state index contributed by atoms with van der Waals surface area (Å²) in [5.74, 6) is 0. The van der Waals surface area contributed by atoms with Crippen LogP contribution in [-0.2, 0) is 39.1 Å². The first-order chi connectivity index (χ1) is 0. The third kappa shape index (κ3) is 29.0. The normalized spacial score (nSPS) is 0. The van der Waals surface area contributed by atoms with Gasteiger partial charge in [-0.25, -0.2) is 0 Å². The van der Waals surface area contributed by atoms with Crippen LogP contribution in [0.25, 0.3) is 0 Å². The van der Waals surface area contributed by atoms with Gasteiger partial charge in [0.25, 0.3) is 0 Å². The molecule has 0 bridgehead atoms. The summed E-state index contributed by atoms with van der Waals surface area (Å²) in [7, 11) is 0. The summed E-state index contributed by atoms with van der Waals surface area (Å²) >= 11 is 0. The van der Waals surface area contributed by atoms with Gasteiger partial charge >= 0.3 is 0 Å². The maximum atomic E-state index is 0. The minimum atomic E-state index is 0. The van der Waals surface area contributed by atoms with E-state index in [9.17, 15) is 0 Å². The molecule has 0 aliphatic heterocycles. The SMILES string of the molecule is C.N.S.[Cr].[Ti]. The van der Waals surface area contributed by atoms with Crippen LogP contribution in [0.1, 0.15) is 7.43 Å². The number of rotatable bonds is 0.